The number of benzene rings is 1. The third-order valence-corrected chi connectivity index (χ3v) is 4.05. The van der Waals surface area contributed by atoms with Crippen molar-refractivity contribution in [2.24, 2.45) is 0 Å². The van der Waals surface area contributed by atoms with Gasteiger partial charge < -0.3 is 15.7 Å². The minimum Gasteiger partial charge on any atom is -0.480 e. The number of halogens is 2. The molecule has 2 rings (SSSR count). The standard InChI is InChI=1S/C14H16BrFN2O3/c15-10-5-9(6-11(16)7-10)8-17-13(21)18-14(12(19)20)3-1-2-4-14/h5-7H,1-4,8H2,(H,19,20)(H2,17,18,21). The molecule has 0 atom stereocenters. The molecule has 5 nitrogen and oxygen atoms in total. The highest BCUT2D eigenvalue weighted by Gasteiger charge is 2.42. The largest absolute Gasteiger partial charge is 0.480 e. The molecule has 1 aliphatic rings. The van der Waals surface area contributed by atoms with E-state index in [0.29, 0.717) is 22.9 Å². The van der Waals surface area contributed by atoms with Gasteiger partial charge in [0.05, 0.1) is 0 Å². The van der Waals surface area contributed by atoms with Gasteiger partial charge >= 0.3 is 12.0 Å². The van der Waals surface area contributed by atoms with Gasteiger partial charge in [-0.3, -0.25) is 0 Å². The summed E-state index contributed by atoms with van der Waals surface area (Å²) in [6.45, 7) is 0.123. The Balaban J connectivity index is 1.94. The molecule has 0 aromatic heterocycles. The van der Waals surface area contributed by atoms with E-state index in [0.717, 1.165) is 12.8 Å². The number of rotatable bonds is 4. The number of hydrogen-bond donors (Lipinski definition) is 3. The molecule has 1 aromatic rings. The maximum absolute atomic E-state index is 13.2. The summed E-state index contributed by atoms with van der Waals surface area (Å²) in [5, 5.41) is 14.4. The molecule has 0 bridgehead atoms. The summed E-state index contributed by atoms with van der Waals surface area (Å²) in [6, 6.07) is 3.76. The normalized spacial score (nSPS) is 16.5. The molecule has 21 heavy (non-hydrogen) atoms. The van der Waals surface area contributed by atoms with Crippen LogP contribution in [0.2, 0.25) is 0 Å². The van der Waals surface area contributed by atoms with Crippen LogP contribution < -0.4 is 10.6 Å². The fourth-order valence-electron chi connectivity index (χ4n) is 2.53. The van der Waals surface area contributed by atoms with Crippen LogP contribution in [0, 0.1) is 5.82 Å². The van der Waals surface area contributed by atoms with Crippen LogP contribution in [-0.2, 0) is 11.3 Å². The quantitative estimate of drug-likeness (QED) is 0.774. The Bertz CT molecular complexity index is 539. The first kappa shape index (κ1) is 15.8. The van der Waals surface area contributed by atoms with Gasteiger partial charge in [0.25, 0.3) is 0 Å². The maximum Gasteiger partial charge on any atom is 0.329 e. The molecule has 0 radical (unpaired) electrons. The van der Waals surface area contributed by atoms with Crippen LogP contribution in [0.15, 0.2) is 22.7 Å². The zero-order valence-corrected chi connectivity index (χ0v) is 12.9. The molecule has 0 aliphatic heterocycles. The van der Waals surface area contributed by atoms with E-state index >= 15 is 0 Å². The average molecular weight is 359 g/mol. The third-order valence-electron chi connectivity index (χ3n) is 3.59. The molecule has 0 unspecified atom stereocenters. The SMILES string of the molecule is O=C(NCc1cc(F)cc(Br)c1)NC1(C(=O)O)CCCC1. The molecule has 7 heteroatoms. The van der Waals surface area contributed by atoms with Crippen molar-refractivity contribution >= 4 is 27.9 Å². The van der Waals surface area contributed by atoms with Gasteiger partial charge in [0.15, 0.2) is 0 Å². The van der Waals surface area contributed by atoms with Crippen molar-refractivity contribution in [1.82, 2.24) is 10.6 Å². The Hall–Kier alpha value is -1.63. The molecular formula is C14H16BrFN2O3. The molecule has 0 saturated heterocycles. The third kappa shape index (κ3) is 3.93. The summed E-state index contributed by atoms with van der Waals surface area (Å²) >= 11 is 3.17. The van der Waals surface area contributed by atoms with E-state index in [1.54, 1.807) is 6.07 Å². The summed E-state index contributed by atoms with van der Waals surface area (Å²) in [7, 11) is 0. The maximum atomic E-state index is 13.2. The molecule has 1 aliphatic carbocycles. The van der Waals surface area contributed by atoms with E-state index in [-0.39, 0.29) is 6.54 Å². The molecule has 0 heterocycles. The molecule has 1 saturated carbocycles. The van der Waals surface area contributed by atoms with E-state index in [1.807, 2.05) is 0 Å². The van der Waals surface area contributed by atoms with E-state index in [9.17, 15) is 19.1 Å². The monoisotopic (exact) mass is 358 g/mol. The fourth-order valence-corrected chi connectivity index (χ4v) is 3.04. The van der Waals surface area contributed by atoms with Crippen LogP contribution in [-0.4, -0.2) is 22.6 Å². The predicted molar refractivity (Wildman–Crippen MR) is 78.3 cm³/mol. The first-order valence-corrected chi connectivity index (χ1v) is 7.45. The highest BCUT2D eigenvalue weighted by Crippen LogP contribution is 2.29. The predicted octanol–water partition coefficient (Wildman–Crippen LogP) is 2.78. The van der Waals surface area contributed by atoms with E-state index < -0.39 is 23.4 Å². The van der Waals surface area contributed by atoms with E-state index in [1.165, 1.54) is 12.1 Å². The number of aliphatic carboxylic acids is 1. The minimum absolute atomic E-state index is 0.123. The number of carboxylic acid groups (broad SMARTS) is 1. The molecule has 3 N–H and O–H groups in total. The lowest BCUT2D eigenvalue weighted by Crippen LogP contribution is -2.55. The number of nitrogens with one attached hydrogen (secondary N) is 2. The van der Waals surface area contributed by atoms with Crippen molar-refractivity contribution in [2.45, 2.75) is 37.8 Å². The van der Waals surface area contributed by atoms with Crippen molar-refractivity contribution in [1.29, 1.82) is 0 Å². The number of hydrogen-bond acceptors (Lipinski definition) is 2. The Kier molecular flexibility index (Phi) is 4.82. The smallest absolute Gasteiger partial charge is 0.329 e. The lowest BCUT2D eigenvalue weighted by atomic mass is 9.98. The zero-order chi connectivity index (χ0) is 15.5. The second-order valence-electron chi connectivity index (χ2n) is 5.18. The topological polar surface area (TPSA) is 78.4 Å². The van der Waals surface area contributed by atoms with Crippen molar-refractivity contribution in [3.63, 3.8) is 0 Å². The van der Waals surface area contributed by atoms with E-state index in [4.69, 9.17) is 0 Å². The molecule has 1 fully saturated rings. The molecule has 2 amide bonds. The van der Waals surface area contributed by atoms with Crippen LogP contribution in [0.1, 0.15) is 31.2 Å². The summed E-state index contributed by atoms with van der Waals surface area (Å²) in [4.78, 5) is 23.2. The minimum atomic E-state index is -1.17. The number of carbonyl (C=O) groups excluding carboxylic acids is 1. The van der Waals surface area contributed by atoms with Crippen LogP contribution in [0.5, 0.6) is 0 Å². The van der Waals surface area contributed by atoms with Gasteiger partial charge in [0.1, 0.15) is 11.4 Å². The first-order chi connectivity index (χ1) is 9.91. The highest BCUT2D eigenvalue weighted by atomic mass is 79.9. The van der Waals surface area contributed by atoms with Crippen molar-refractivity contribution in [2.75, 3.05) is 0 Å². The van der Waals surface area contributed by atoms with Gasteiger partial charge in [-0.15, -0.1) is 0 Å². The number of carboxylic acids is 1. The Morgan fingerprint density at radius 2 is 1.95 bits per heavy atom. The van der Waals surface area contributed by atoms with Gasteiger partial charge in [-0.1, -0.05) is 28.8 Å². The van der Waals surface area contributed by atoms with Crippen LogP contribution in [0.25, 0.3) is 0 Å². The van der Waals surface area contributed by atoms with Gasteiger partial charge in [-0.2, -0.15) is 0 Å². The van der Waals surface area contributed by atoms with Gasteiger partial charge in [-0.05, 0) is 36.6 Å². The van der Waals surface area contributed by atoms with Crippen LogP contribution in [0.3, 0.4) is 0 Å². The van der Waals surface area contributed by atoms with Gasteiger partial charge in [-0.25, -0.2) is 14.0 Å². The van der Waals surface area contributed by atoms with Crippen molar-refractivity contribution < 1.29 is 19.1 Å². The zero-order valence-electron chi connectivity index (χ0n) is 11.3. The molecule has 0 spiro atoms. The van der Waals surface area contributed by atoms with Crippen LogP contribution >= 0.6 is 15.9 Å². The second-order valence-corrected chi connectivity index (χ2v) is 6.10. The highest BCUT2D eigenvalue weighted by molar-refractivity contribution is 9.10. The Morgan fingerprint density at radius 3 is 2.52 bits per heavy atom. The lowest BCUT2D eigenvalue weighted by Gasteiger charge is -2.25. The average Bonchev–Trinajstić information content (AvgIpc) is 2.85. The van der Waals surface area contributed by atoms with Crippen molar-refractivity contribution in [3.05, 3.63) is 34.1 Å². The van der Waals surface area contributed by atoms with Crippen LogP contribution in [0.4, 0.5) is 9.18 Å². The van der Waals surface area contributed by atoms with Crippen molar-refractivity contribution in [3.8, 4) is 0 Å². The Labute approximate surface area is 130 Å². The summed E-state index contributed by atoms with van der Waals surface area (Å²) in [5.41, 5.74) is -0.583. The summed E-state index contributed by atoms with van der Waals surface area (Å²) < 4.78 is 13.8. The van der Waals surface area contributed by atoms with Gasteiger partial charge in [0, 0.05) is 11.0 Å². The molecule has 1 aromatic carbocycles. The number of urea groups is 1. The second kappa shape index (κ2) is 6.43. The fraction of sp³-hybridized carbons (Fsp3) is 0.429. The first-order valence-electron chi connectivity index (χ1n) is 6.66. The lowest BCUT2D eigenvalue weighted by molar-refractivity contribution is -0.144. The molecule has 114 valence electrons. The van der Waals surface area contributed by atoms with E-state index in [2.05, 4.69) is 26.6 Å². The number of amides is 2. The number of carbonyl (C=O) groups is 2. The summed E-state index contributed by atoms with van der Waals surface area (Å²) in [6.07, 6.45) is 2.43. The molecular weight excluding hydrogens is 343 g/mol. The summed E-state index contributed by atoms with van der Waals surface area (Å²) in [5.74, 6) is -1.41. The Morgan fingerprint density at radius 1 is 1.29 bits per heavy atom. The van der Waals surface area contributed by atoms with Gasteiger partial charge in [0.2, 0.25) is 0 Å².